The Kier molecular flexibility index (Phi) is 8.52. The van der Waals surface area contributed by atoms with Gasteiger partial charge in [-0.2, -0.15) is 0 Å². The van der Waals surface area contributed by atoms with E-state index in [1.807, 2.05) is 43.3 Å². The summed E-state index contributed by atoms with van der Waals surface area (Å²) in [5, 5.41) is 8.00. The average Bonchev–Trinajstić information content (AvgIpc) is 2.84. The molecule has 0 fully saturated rings. The van der Waals surface area contributed by atoms with Crippen molar-refractivity contribution < 1.29 is 13.2 Å². The number of rotatable bonds is 11. The van der Waals surface area contributed by atoms with Gasteiger partial charge in [0.05, 0.1) is 4.90 Å². The normalized spacial score (nSPS) is 11.2. The van der Waals surface area contributed by atoms with Crippen LogP contribution >= 0.6 is 0 Å². The zero-order valence-electron chi connectivity index (χ0n) is 18.7. The molecular weight excluding hydrogens is 434 g/mol. The first-order chi connectivity index (χ1) is 15.9. The number of benzene rings is 3. The Hall–Kier alpha value is -3.29. The van der Waals surface area contributed by atoms with Crippen LogP contribution in [0.4, 0.5) is 0 Å². The summed E-state index contributed by atoms with van der Waals surface area (Å²) in [6.45, 7) is 2.57. The quantitative estimate of drug-likeness (QED) is 0.247. The summed E-state index contributed by atoms with van der Waals surface area (Å²) < 4.78 is 27.6. The second-order valence-electron chi connectivity index (χ2n) is 7.73. The molecule has 3 aromatic carbocycles. The number of carbonyl (C=O) groups excluding carboxylic acids is 1. The van der Waals surface area contributed by atoms with E-state index in [4.69, 9.17) is 5.41 Å². The zero-order chi connectivity index (χ0) is 23.7. The lowest BCUT2D eigenvalue weighted by Gasteiger charge is -2.15. The van der Waals surface area contributed by atoms with Crippen LogP contribution in [-0.4, -0.2) is 32.1 Å². The van der Waals surface area contributed by atoms with E-state index in [0.29, 0.717) is 25.2 Å². The first kappa shape index (κ1) is 24.4. The standard InChI is InChI=1S/C26H29N3O3S/c1-2-29(20-30)26(27)16-8-10-21-9-6-12-23(17-21)24-13-7-11-22(18-24)19-28-33(31,32)25-14-4-3-5-15-25/h3-7,9,11-15,17-18,20,27-28H,2,8,10,16,19H2,1H3. The molecule has 0 unspecified atom stereocenters. The molecule has 33 heavy (non-hydrogen) atoms. The number of sulfonamides is 1. The molecule has 0 aliphatic rings. The van der Waals surface area contributed by atoms with E-state index in [9.17, 15) is 13.2 Å². The maximum absolute atomic E-state index is 12.5. The maximum Gasteiger partial charge on any atom is 0.240 e. The van der Waals surface area contributed by atoms with Crippen molar-refractivity contribution in [2.75, 3.05) is 6.54 Å². The third-order valence-electron chi connectivity index (χ3n) is 5.40. The fraction of sp³-hybridized carbons (Fsp3) is 0.231. The third kappa shape index (κ3) is 6.84. The predicted octanol–water partition coefficient (Wildman–Crippen LogP) is 4.61. The molecule has 7 heteroatoms. The van der Waals surface area contributed by atoms with Gasteiger partial charge in [-0.3, -0.25) is 10.2 Å². The van der Waals surface area contributed by atoms with E-state index in [1.165, 1.54) is 4.90 Å². The number of carbonyl (C=O) groups is 1. The number of aryl methyl sites for hydroxylation is 1. The van der Waals surface area contributed by atoms with E-state index in [-0.39, 0.29) is 11.4 Å². The van der Waals surface area contributed by atoms with Crippen molar-refractivity contribution in [3.63, 3.8) is 0 Å². The summed E-state index contributed by atoms with van der Waals surface area (Å²) in [4.78, 5) is 12.6. The van der Waals surface area contributed by atoms with Gasteiger partial charge < -0.3 is 4.90 Å². The number of hydrogen-bond donors (Lipinski definition) is 2. The van der Waals surface area contributed by atoms with Crippen LogP contribution in [0.5, 0.6) is 0 Å². The van der Waals surface area contributed by atoms with E-state index >= 15 is 0 Å². The van der Waals surface area contributed by atoms with Gasteiger partial charge >= 0.3 is 0 Å². The van der Waals surface area contributed by atoms with Crippen LogP contribution in [0, 0.1) is 5.41 Å². The highest BCUT2D eigenvalue weighted by Crippen LogP contribution is 2.23. The SMILES string of the molecule is CCN(C=O)C(=N)CCCc1cccc(-c2cccc(CNS(=O)(=O)c3ccccc3)c2)c1. The Labute approximate surface area is 195 Å². The molecule has 0 saturated heterocycles. The summed E-state index contributed by atoms with van der Waals surface area (Å²) in [5.74, 6) is 0.342. The molecule has 1 amide bonds. The Bertz CT molecular complexity index is 1190. The van der Waals surface area contributed by atoms with Crippen LogP contribution in [0.1, 0.15) is 30.9 Å². The first-order valence-electron chi connectivity index (χ1n) is 11.0. The Morgan fingerprint density at radius 2 is 1.58 bits per heavy atom. The average molecular weight is 464 g/mol. The van der Waals surface area contributed by atoms with Crippen molar-refractivity contribution in [1.82, 2.24) is 9.62 Å². The van der Waals surface area contributed by atoms with Gasteiger partial charge in [0, 0.05) is 19.5 Å². The number of hydrogen-bond acceptors (Lipinski definition) is 4. The predicted molar refractivity (Wildman–Crippen MR) is 131 cm³/mol. The molecule has 3 rings (SSSR count). The van der Waals surface area contributed by atoms with E-state index < -0.39 is 10.0 Å². The minimum atomic E-state index is -3.56. The second-order valence-corrected chi connectivity index (χ2v) is 9.50. The van der Waals surface area contributed by atoms with Crippen LogP contribution in [0.15, 0.2) is 83.8 Å². The fourth-order valence-corrected chi connectivity index (χ4v) is 4.60. The smallest absolute Gasteiger partial charge is 0.240 e. The maximum atomic E-state index is 12.5. The lowest BCUT2D eigenvalue weighted by atomic mass is 9.99. The van der Waals surface area contributed by atoms with E-state index in [2.05, 4.69) is 16.9 Å². The van der Waals surface area contributed by atoms with Gasteiger partial charge in [0.2, 0.25) is 16.4 Å². The topological polar surface area (TPSA) is 90.3 Å². The molecule has 172 valence electrons. The van der Waals surface area contributed by atoms with E-state index in [1.54, 1.807) is 30.3 Å². The molecule has 0 aromatic heterocycles. The molecule has 0 aliphatic heterocycles. The lowest BCUT2D eigenvalue weighted by Crippen LogP contribution is -2.28. The minimum Gasteiger partial charge on any atom is -0.304 e. The van der Waals surface area contributed by atoms with E-state index in [0.717, 1.165) is 35.1 Å². The van der Waals surface area contributed by atoms with Gasteiger partial charge in [-0.05, 0) is 60.2 Å². The molecule has 0 spiro atoms. The second kappa shape index (κ2) is 11.5. The monoisotopic (exact) mass is 463 g/mol. The Morgan fingerprint density at radius 1 is 0.939 bits per heavy atom. The van der Waals surface area contributed by atoms with Crippen LogP contribution in [0.25, 0.3) is 11.1 Å². The molecule has 2 N–H and O–H groups in total. The molecule has 0 atom stereocenters. The summed E-state index contributed by atoms with van der Waals surface area (Å²) in [5.41, 5.74) is 4.10. The Morgan fingerprint density at radius 3 is 2.21 bits per heavy atom. The molecule has 0 bridgehead atoms. The number of nitrogens with one attached hydrogen (secondary N) is 2. The molecule has 6 nitrogen and oxygen atoms in total. The highest BCUT2D eigenvalue weighted by Gasteiger charge is 2.13. The molecule has 3 aromatic rings. The highest BCUT2D eigenvalue weighted by atomic mass is 32.2. The van der Waals surface area contributed by atoms with Gasteiger partial charge in [0.25, 0.3) is 0 Å². The van der Waals surface area contributed by atoms with Gasteiger partial charge in [0.1, 0.15) is 5.84 Å². The van der Waals surface area contributed by atoms with Crippen LogP contribution in [0.2, 0.25) is 0 Å². The van der Waals surface area contributed by atoms with Gasteiger partial charge in [0.15, 0.2) is 0 Å². The summed E-state index contributed by atoms with van der Waals surface area (Å²) in [7, 11) is -3.56. The molecule has 0 aliphatic carbocycles. The summed E-state index contributed by atoms with van der Waals surface area (Å²) in [6.07, 6.45) is 2.85. The van der Waals surface area contributed by atoms with Crippen molar-refractivity contribution in [2.24, 2.45) is 0 Å². The van der Waals surface area contributed by atoms with Crippen molar-refractivity contribution in [2.45, 2.75) is 37.6 Å². The summed E-state index contributed by atoms with van der Waals surface area (Å²) in [6, 6.07) is 24.4. The molecule has 0 saturated carbocycles. The molecule has 0 radical (unpaired) electrons. The minimum absolute atomic E-state index is 0.206. The van der Waals surface area contributed by atoms with Crippen molar-refractivity contribution >= 4 is 22.3 Å². The largest absolute Gasteiger partial charge is 0.304 e. The van der Waals surface area contributed by atoms with Crippen molar-refractivity contribution in [3.05, 3.63) is 90.0 Å². The fourth-order valence-electron chi connectivity index (χ4n) is 3.56. The first-order valence-corrected chi connectivity index (χ1v) is 12.4. The number of amidine groups is 1. The van der Waals surface area contributed by atoms with Crippen molar-refractivity contribution in [1.29, 1.82) is 5.41 Å². The van der Waals surface area contributed by atoms with Gasteiger partial charge in [-0.15, -0.1) is 0 Å². The van der Waals surface area contributed by atoms with Crippen LogP contribution < -0.4 is 4.72 Å². The lowest BCUT2D eigenvalue weighted by molar-refractivity contribution is -0.114. The van der Waals surface area contributed by atoms with Crippen LogP contribution in [-0.2, 0) is 27.8 Å². The molecule has 0 heterocycles. The number of nitrogens with zero attached hydrogens (tertiary/aromatic N) is 1. The third-order valence-corrected chi connectivity index (χ3v) is 6.82. The summed E-state index contributed by atoms with van der Waals surface area (Å²) >= 11 is 0. The van der Waals surface area contributed by atoms with Crippen molar-refractivity contribution in [3.8, 4) is 11.1 Å². The highest BCUT2D eigenvalue weighted by molar-refractivity contribution is 7.89. The number of amides is 1. The molecular formula is C26H29N3O3S. The van der Waals surface area contributed by atoms with Gasteiger partial charge in [-0.25, -0.2) is 13.1 Å². The van der Waals surface area contributed by atoms with Gasteiger partial charge in [-0.1, -0.05) is 60.7 Å². The van der Waals surface area contributed by atoms with Crippen LogP contribution in [0.3, 0.4) is 0 Å². The Balaban J connectivity index is 1.64. The zero-order valence-corrected chi connectivity index (χ0v) is 19.5.